The van der Waals surface area contributed by atoms with Crippen LogP contribution in [0.2, 0.25) is 0 Å². The Labute approximate surface area is 199 Å². The molecule has 1 aliphatic rings. The van der Waals surface area contributed by atoms with E-state index in [4.69, 9.17) is 15.8 Å². The van der Waals surface area contributed by atoms with Gasteiger partial charge in [-0.05, 0) is 54.0 Å². The fourth-order valence-electron chi connectivity index (χ4n) is 4.54. The third kappa shape index (κ3) is 5.57. The van der Waals surface area contributed by atoms with Crippen molar-refractivity contribution in [1.82, 2.24) is 19.4 Å². The Morgan fingerprint density at radius 3 is 2.64 bits per heavy atom. The van der Waals surface area contributed by atoms with Gasteiger partial charge in [0.15, 0.2) is 10.7 Å². The molecule has 2 aromatic rings. The molecular weight excluding hydrogens is 436 g/mol. The Bertz CT molecular complexity index is 1150. The summed E-state index contributed by atoms with van der Waals surface area (Å²) in [6.07, 6.45) is 2.61. The van der Waals surface area contributed by atoms with Gasteiger partial charge in [0.05, 0.1) is 5.52 Å². The molecule has 1 amide bonds. The topological polar surface area (TPSA) is 118 Å². The van der Waals surface area contributed by atoms with E-state index in [0.29, 0.717) is 17.2 Å². The van der Waals surface area contributed by atoms with Crippen LogP contribution < -0.4 is 16.4 Å². The maximum Gasteiger partial charge on any atom is 0.330 e. The van der Waals surface area contributed by atoms with Crippen LogP contribution in [-0.4, -0.2) is 36.2 Å². The summed E-state index contributed by atoms with van der Waals surface area (Å²) in [5.74, 6) is -0.230. The molecule has 2 aromatic heterocycles. The predicted molar refractivity (Wildman–Crippen MR) is 135 cm³/mol. The van der Waals surface area contributed by atoms with Crippen molar-refractivity contribution in [1.29, 1.82) is 5.41 Å². The van der Waals surface area contributed by atoms with Crippen molar-refractivity contribution < 1.29 is 10.2 Å². The van der Waals surface area contributed by atoms with Crippen LogP contribution in [-0.2, 0) is 18.4 Å². The zero-order valence-corrected chi connectivity index (χ0v) is 21.6. The Morgan fingerprint density at radius 1 is 1.36 bits per heavy atom. The lowest BCUT2D eigenvalue weighted by molar-refractivity contribution is -0.116. The lowest BCUT2D eigenvalue weighted by atomic mass is 9.68. The van der Waals surface area contributed by atoms with Gasteiger partial charge in [0.25, 0.3) is 5.91 Å². The molecule has 0 bridgehead atoms. The highest BCUT2D eigenvalue weighted by atomic mass is 32.2. The first-order chi connectivity index (χ1) is 15.2. The number of carbonyl (C=O) groups is 1. The van der Waals surface area contributed by atoms with E-state index in [0.717, 1.165) is 42.2 Å². The van der Waals surface area contributed by atoms with Gasteiger partial charge in [-0.25, -0.2) is 9.78 Å². The highest BCUT2D eigenvalue weighted by molar-refractivity contribution is 8.27. The highest BCUT2D eigenvalue weighted by Gasteiger charge is 2.39. The van der Waals surface area contributed by atoms with Crippen LogP contribution in [0, 0.1) is 16.2 Å². The zero-order valence-electron chi connectivity index (χ0n) is 20.8. The van der Waals surface area contributed by atoms with Crippen LogP contribution >= 0.6 is 11.8 Å². The number of pyridine rings is 1. The minimum absolute atomic E-state index is 0.0244. The van der Waals surface area contributed by atoms with Crippen molar-refractivity contribution in [3.8, 4) is 0 Å². The predicted octanol–water partition coefficient (Wildman–Crippen LogP) is 2.45. The molecule has 2 unspecified atom stereocenters. The molecular formula is C24H37N6O2S+. The van der Waals surface area contributed by atoms with Gasteiger partial charge in [0.1, 0.15) is 0 Å². The summed E-state index contributed by atoms with van der Waals surface area (Å²) in [6, 6.07) is 3.94. The molecule has 2 atom stereocenters. The number of imidazole rings is 1. The van der Waals surface area contributed by atoms with Gasteiger partial charge in [0, 0.05) is 38.2 Å². The van der Waals surface area contributed by atoms with E-state index >= 15 is 0 Å². The second-order valence-electron chi connectivity index (χ2n) is 11.1. The molecule has 3 rings (SSSR count). The first-order valence-corrected chi connectivity index (χ1v) is 12.2. The van der Waals surface area contributed by atoms with Gasteiger partial charge in [0.2, 0.25) is 5.04 Å². The van der Waals surface area contributed by atoms with Gasteiger partial charge < -0.3 is 5.32 Å². The van der Waals surface area contributed by atoms with E-state index in [9.17, 15) is 9.59 Å². The van der Waals surface area contributed by atoms with E-state index < -0.39 is 5.91 Å². The number of carbonyl (C=O) groups excluding carboxylic acids is 1. The molecule has 4 N–H and O–H groups in total. The average molecular weight is 474 g/mol. The van der Waals surface area contributed by atoms with Crippen LogP contribution in [0.3, 0.4) is 0 Å². The fraction of sp³-hybridized carbons (Fsp3) is 0.625. The number of nitrogens with one attached hydrogen (secondary N) is 2. The summed E-state index contributed by atoms with van der Waals surface area (Å²) in [7, 11) is 1.77. The molecule has 1 fully saturated rings. The highest BCUT2D eigenvalue weighted by Crippen LogP contribution is 2.42. The number of thioether (sulfide) groups is 1. The first-order valence-electron chi connectivity index (χ1n) is 11.4. The summed E-state index contributed by atoms with van der Waals surface area (Å²) >= 11 is 0.978. The van der Waals surface area contributed by atoms with Crippen LogP contribution in [0.15, 0.2) is 16.9 Å². The maximum atomic E-state index is 12.9. The number of rotatable bonds is 3. The molecule has 0 aromatic carbocycles. The van der Waals surface area contributed by atoms with Crippen molar-refractivity contribution in [2.45, 2.75) is 79.3 Å². The van der Waals surface area contributed by atoms with Crippen LogP contribution in [0.25, 0.3) is 11.2 Å². The molecule has 0 radical (unpaired) electrons. The molecule has 1 aliphatic carbocycles. The van der Waals surface area contributed by atoms with Crippen molar-refractivity contribution in [2.24, 2.45) is 17.9 Å². The van der Waals surface area contributed by atoms with Crippen molar-refractivity contribution in [3.05, 3.63) is 28.3 Å². The minimum Gasteiger partial charge on any atom is -0.347 e. The monoisotopic (exact) mass is 473 g/mol. The van der Waals surface area contributed by atoms with Crippen molar-refractivity contribution >= 4 is 38.9 Å². The number of hydrogen-bond donors (Lipinski definition) is 3. The second-order valence-corrected chi connectivity index (χ2v) is 12.4. The number of nitrogens with zero attached hydrogens (tertiary/aromatic N) is 3. The van der Waals surface area contributed by atoms with E-state index in [-0.39, 0.29) is 33.5 Å². The van der Waals surface area contributed by atoms with E-state index in [1.807, 2.05) is 12.1 Å². The van der Waals surface area contributed by atoms with Gasteiger partial charge in [-0.1, -0.05) is 34.6 Å². The fourth-order valence-corrected chi connectivity index (χ4v) is 5.01. The maximum absolute atomic E-state index is 12.9. The number of amides is 1. The number of aryl methyl sites for hydroxylation is 1. The lowest BCUT2D eigenvalue weighted by Gasteiger charge is -2.42. The molecule has 0 saturated heterocycles. The van der Waals surface area contributed by atoms with Crippen molar-refractivity contribution in [3.63, 3.8) is 0 Å². The van der Waals surface area contributed by atoms with Gasteiger partial charge in [-0.3, -0.25) is 24.7 Å². The van der Waals surface area contributed by atoms with Crippen LogP contribution in [0.4, 0.5) is 0 Å². The Balaban J connectivity index is 1.87. The quantitative estimate of drug-likeness (QED) is 0.469. The molecule has 0 aliphatic heterocycles. The summed E-state index contributed by atoms with van der Waals surface area (Å²) in [4.78, 5) is 30.3. The summed E-state index contributed by atoms with van der Waals surface area (Å²) in [5.41, 5.74) is 2.31. The largest absolute Gasteiger partial charge is 0.347 e. The Hall–Kier alpha value is -2.42. The lowest BCUT2D eigenvalue weighted by Crippen LogP contribution is -2.50. The third-order valence-electron chi connectivity index (χ3n) is 6.43. The van der Waals surface area contributed by atoms with Crippen LogP contribution in [0.1, 0.15) is 72.4 Å². The molecule has 8 nitrogen and oxygen atoms in total. The molecule has 33 heavy (non-hydrogen) atoms. The smallest absolute Gasteiger partial charge is 0.330 e. The summed E-state index contributed by atoms with van der Waals surface area (Å²) < 4.78 is 3.43. The number of nitrogens with two attached hydrogens (primary N) is 1. The van der Waals surface area contributed by atoms with Gasteiger partial charge >= 0.3 is 5.69 Å². The van der Waals surface area contributed by atoms with E-state index in [1.54, 1.807) is 23.1 Å². The molecule has 1 saturated carbocycles. The summed E-state index contributed by atoms with van der Waals surface area (Å²) in [6.45, 7) is 12.9. The SMILES string of the molecule is CC(=[NH2+])SC(=N)C(=O)NC1CC(c2ccc3c(n2)n(C)c(=O)n3CC(C)(C)C)CCC1(C)C. The minimum atomic E-state index is -0.395. The molecule has 2 heterocycles. The number of fused-ring (bicyclic) bond motifs is 1. The number of aromatic nitrogens is 3. The van der Waals surface area contributed by atoms with Crippen molar-refractivity contribution in [2.75, 3.05) is 0 Å². The molecule has 0 spiro atoms. The first kappa shape index (κ1) is 25.2. The van der Waals surface area contributed by atoms with Crippen LogP contribution in [0.5, 0.6) is 0 Å². The third-order valence-corrected chi connectivity index (χ3v) is 7.14. The molecule has 180 valence electrons. The number of hydrogen-bond acceptors (Lipinski definition) is 5. The standard InChI is InChI=1S/C24H36N6O2S/c1-14(25)33-19(26)21(31)28-18-12-15(10-11-24(18,5)6)16-8-9-17-20(27-16)29(7)22(32)30(17)13-23(2,3)4/h8-9,15,18,25-26H,10-13H2,1-7H3,(H,28,31)/p+1. The van der Waals surface area contributed by atoms with E-state index in [1.165, 1.54) is 0 Å². The Kier molecular flexibility index (Phi) is 6.94. The van der Waals surface area contributed by atoms with Gasteiger partial charge in [-0.2, -0.15) is 0 Å². The summed E-state index contributed by atoms with van der Waals surface area (Å²) in [5, 5.41) is 17.1. The van der Waals surface area contributed by atoms with E-state index in [2.05, 4.69) is 39.9 Å². The average Bonchev–Trinajstić information content (AvgIpc) is 2.92. The molecule has 9 heteroatoms. The zero-order chi connectivity index (χ0) is 24.7. The Morgan fingerprint density at radius 2 is 2.03 bits per heavy atom. The van der Waals surface area contributed by atoms with Gasteiger partial charge in [-0.15, -0.1) is 0 Å². The second kappa shape index (κ2) is 9.08. The normalized spacial score (nSPS) is 20.6.